The minimum Gasteiger partial charge on any atom is -0.271 e. The lowest BCUT2D eigenvalue weighted by atomic mass is 9.99. The Hall–Kier alpha value is -0.860. The monoisotopic (exact) mass is 244 g/mol. The molecule has 3 unspecified atom stereocenters. The summed E-state index contributed by atoms with van der Waals surface area (Å²) in [5, 5.41) is 0. The van der Waals surface area contributed by atoms with E-state index in [4.69, 9.17) is 5.84 Å². The zero-order valence-corrected chi connectivity index (χ0v) is 11.2. The van der Waals surface area contributed by atoms with E-state index in [2.05, 4.69) is 36.6 Å². The lowest BCUT2D eigenvalue weighted by molar-refractivity contribution is 0.456. The Balaban J connectivity index is 1.75. The van der Waals surface area contributed by atoms with E-state index in [9.17, 15) is 0 Å². The third kappa shape index (κ3) is 2.08. The Bertz CT molecular complexity index is 386. The van der Waals surface area contributed by atoms with Crippen LogP contribution in [0.2, 0.25) is 0 Å². The Labute approximate surface area is 110 Å². The number of nitrogens with two attached hydrogens (primary N) is 1. The van der Waals surface area contributed by atoms with Crippen molar-refractivity contribution < 1.29 is 0 Å². The molecule has 0 heterocycles. The van der Waals surface area contributed by atoms with Crippen molar-refractivity contribution in [2.75, 3.05) is 0 Å². The number of fused-ring (bicyclic) bond motifs is 1. The third-order valence-corrected chi connectivity index (χ3v) is 5.03. The van der Waals surface area contributed by atoms with Crippen LogP contribution in [0.25, 0.3) is 0 Å². The standard InChI is InChI=1S/C16H24N2/c1-2-11-7-9-12(10-8-11)16(18-17)15-13-5-3-4-6-14(13)15/h7-10,13-16,18H,2-6,17H2,1H3. The minimum absolute atomic E-state index is 0.365. The first-order chi connectivity index (χ1) is 8.85. The molecule has 98 valence electrons. The van der Waals surface area contributed by atoms with Crippen molar-refractivity contribution in [3.05, 3.63) is 35.4 Å². The van der Waals surface area contributed by atoms with Crippen molar-refractivity contribution in [1.82, 2.24) is 5.43 Å². The van der Waals surface area contributed by atoms with Crippen molar-refractivity contribution in [3.8, 4) is 0 Å². The van der Waals surface area contributed by atoms with Gasteiger partial charge in [0.2, 0.25) is 0 Å². The molecule has 0 bridgehead atoms. The molecule has 0 aromatic heterocycles. The highest BCUT2D eigenvalue weighted by Gasteiger charge is 2.54. The highest BCUT2D eigenvalue weighted by atomic mass is 15.2. The molecule has 3 N–H and O–H groups in total. The smallest absolute Gasteiger partial charge is 0.0493 e. The molecule has 3 atom stereocenters. The summed E-state index contributed by atoms with van der Waals surface area (Å²) >= 11 is 0. The number of nitrogens with one attached hydrogen (secondary N) is 1. The largest absolute Gasteiger partial charge is 0.271 e. The molecule has 0 spiro atoms. The van der Waals surface area contributed by atoms with Crippen LogP contribution in [0.5, 0.6) is 0 Å². The number of rotatable bonds is 4. The fourth-order valence-corrected chi connectivity index (χ4v) is 3.93. The summed E-state index contributed by atoms with van der Waals surface area (Å²) in [5.41, 5.74) is 5.85. The highest BCUT2D eigenvalue weighted by Crippen LogP contribution is 2.60. The van der Waals surface area contributed by atoms with Crippen LogP contribution in [0, 0.1) is 17.8 Å². The number of hydrogen-bond acceptors (Lipinski definition) is 2. The molecule has 2 nitrogen and oxygen atoms in total. The van der Waals surface area contributed by atoms with Crippen LogP contribution in [0.15, 0.2) is 24.3 Å². The van der Waals surface area contributed by atoms with Crippen LogP contribution >= 0.6 is 0 Å². The van der Waals surface area contributed by atoms with Gasteiger partial charge in [-0.05, 0) is 48.1 Å². The minimum atomic E-state index is 0.365. The number of hydrazine groups is 1. The maximum Gasteiger partial charge on any atom is 0.0493 e. The van der Waals surface area contributed by atoms with E-state index in [1.54, 1.807) is 0 Å². The second kappa shape index (κ2) is 5.02. The highest BCUT2D eigenvalue weighted by molar-refractivity contribution is 5.27. The Morgan fingerprint density at radius 3 is 2.28 bits per heavy atom. The van der Waals surface area contributed by atoms with Gasteiger partial charge < -0.3 is 0 Å². The van der Waals surface area contributed by atoms with Gasteiger partial charge in [0.05, 0.1) is 0 Å². The molecule has 2 saturated carbocycles. The van der Waals surface area contributed by atoms with Gasteiger partial charge in [0.25, 0.3) is 0 Å². The second-order valence-corrected chi connectivity index (χ2v) is 5.93. The molecule has 0 aliphatic heterocycles. The van der Waals surface area contributed by atoms with E-state index in [0.717, 1.165) is 24.2 Å². The lowest BCUT2D eigenvalue weighted by Gasteiger charge is -2.17. The van der Waals surface area contributed by atoms with Gasteiger partial charge in [-0.1, -0.05) is 44.0 Å². The summed E-state index contributed by atoms with van der Waals surface area (Å²) in [4.78, 5) is 0. The zero-order valence-electron chi connectivity index (χ0n) is 11.2. The summed E-state index contributed by atoms with van der Waals surface area (Å²) in [6.07, 6.45) is 6.78. The Morgan fingerprint density at radius 2 is 1.78 bits per heavy atom. The summed E-state index contributed by atoms with van der Waals surface area (Å²) in [6.45, 7) is 2.20. The molecule has 1 aromatic carbocycles. The lowest BCUT2D eigenvalue weighted by Crippen LogP contribution is -2.30. The molecule has 2 aliphatic carbocycles. The van der Waals surface area contributed by atoms with Crippen molar-refractivity contribution in [2.45, 2.75) is 45.1 Å². The second-order valence-electron chi connectivity index (χ2n) is 5.93. The van der Waals surface area contributed by atoms with Gasteiger partial charge >= 0.3 is 0 Å². The van der Waals surface area contributed by atoms with Crippen molar-refractivity contribution in [2.24, 2.45) is 23.6 Å². The molecule has 1 aromatic rings. The van der Waals surface area contributed by atoms with Crippen molar-refractivity contribution >= 4 is 0 Å². The van der Waals surface area contributed by atoms with E-state index < -0.39 is 0 Å². The van der Waals surface area contributed by atoms with Crippen LogP contribution in [0.4, 0.5) is 0 Å². The Kier molecular flexibility index (Phi) is 3.40. The van der Waals surface area contributed by atoms with Crippen molar-refractivity contribution in [3.63, 3.8) is 0 Å². The average molecular weight is 244 g/mol. The first-order valence-corrected chi connectivity index (χ1v) is 7.40. The molecule has 0 radical (unpaired) electrons. The van der Waals surface area contributed by atoms with Crippen LogP contribution in [-0.2, 0) is 6.42 Å². The van der Waals surface area contributed by atoms with Crippen LogP contribution < -0.4 is 11.3 Å². The van der Waals surface area contributed by atoms with Gasteiger partial charge in [-0.25, -0.2) is 0 Å². The molecular weight excluding hydrogens is 220 g/mol. The normalized spacial score (nSPS) is 31.8. The van der Waals surface area contributed by atoms with E-state index in [1.807, 2.05) is 0 Å². The average Bonchev–Trinajstić information content (AvgIpc) is 3.15. The van der Waals surface area contributed by atoms with Gasteiger partial charge in [0, 0.05) is 6.04 Å². The van der Waals surface area contributed by atoms with Gasteiger partial charge in [0.1, 0.15) is 0 Å². The van der Waals surface area contributed by atoms with E-state index in [0.29, 0.717) is 6.04 Å². The van der Waals surface area contributed by atoms with Crippen molar-refractivity contribution in [1.29, 1.82) is 0 Å². The molecule has 2 fully saturated rings. The summed E-state index contributed by atoms with van der Waals surface area (Å²) in [7, 11) is 0. The Morgan fingerprint density at radius 1 is 1.17 bits per heavy atom. The van der Waals surface area contributed by atoms with E-state index in [-0.39, 0.29) is 0 Å². The molecule has 2 heteroatoms. The quantitative estimate of drug-likeness (QED) is 0.630. The number of hydrogen-bond donors (Lipinski definition) is 2. The molecule has 2 aliphatic rings. The number of benzene rings is 1. The SMILES string of the molecule is CCc1ccc(C(NN)C2C3CCCCC32)cc1. The summed E-state index contributed by atoms with van der Waals surface area (Å²) in [5.74, 6) is 8.47. The fraction of sp³-hybridized carbons (Fsp3) is 0.625. The predicted octanol–water partition coefficient (Wildman–Crippen LogP) is 3.19. The molecular formula is C16H24N2. The van der Waals surface area contributed by atoms with E-state index in [1.165, 1.54) is 36.8 Å². The fourth-order valence-electron chi connectivity index (χ4n) is 3.93. The maximum absolute atomic E-state index is 5.82. The van der Waals surface area contributed by atoms with Crippen LogP contribution in [0.1, 0.15) is 49.8 Å². The molecule has 0 amide bonds. The van der Waals surface area contributed by atoms with Gasteiger partial charge in [-0.15, -0.1) is 0 Å². The van der Waals surface area contributed by atoms with Crippen LogP contribution in [0.3, 0.4) is 0 Å². The van der Waals surface area contributed by atoms with E-state index >= 15 is 0 Å². The predicted molar refractivity (Wildman–Crippen MR) is 74.8 cm³/mol. The number of aryl methyl sites for hydroxylation is 1. The third-order valence-electron chi connectivity index (χ3n) is 5.03. The first-order valence-electron chi connectivity index (χ1n) is 7.40. The first kappa shape index (κ1) is 12.2. The molecule has 0 saturated heterocycles. The van der Waals surface area contributed by atoms with Gasteiger partial charge in [0.15, 0.2) is 0 Å². The molecule has 18 heavy (non-hydrogen) atoms. The topological polar surface area (TPSA) is 38.0 Å². The summed E-state index contributed by atoms with van der Waals surface area (Å²) in [6, 6.07) is 9.36. The molecule has 3 rings (SSSR count). The van der Waals surface area contributed by atoms with Gasteiger partial charge in [-0.3, -0.25) is 11.3 Å². The zero-order chi connectivity index (χ0) is 12.5. The van der Waals surface area contributed by atoms with Gasteiger partial charge in [-0.2, -0.15) is 0 Å². The summed E-state index contributed by atoms with van der Waals surface area (Å²) < 4.78 is 0. The maximum atomic E-state index is 5.82. The van der Waals surface area contributed by atoms with Crippen LogP contribution in [-0.4, -0.2) is 0 Å².